The van der Waals surface area contributed by atoms with Gasteiger partial charge in [-0.05, 0) is 42.8 Å². The van der Waals surface area contributed by atoms with Crippen LogP contribution in [0.4, 0.5) is 5.69 Å². The van der Waals surface area contributed by atoms with Crippen molar-refractivity contribution in [2.24, 2.45) is 14.1 Å². The summed E-state index contributed by atoms with van der Waals surface area (Å²) in [6, 6.07) is 11.1. The second-order valence-corrected chi connectivity index (χ2v) is 9.11. The van der Waals surface area contributed by atoms with Crippen LogP contribution >= 0.6 is 0 Å². The molecule has 1 heterocycles. The summed E-state index contributed by atoms with van der Waals surface area (Å²) < 4.78 is 29.0. The van der Waals surface area contributed by atoms with Gasteiger partial charge in [0.1, 0.15) is 0 Å². The Morgan fingerprint density at radius 1 is 1.07 bits per heavy atom. The highest BCUT2D eigenvalue weighted by Crippen LogP contribution is 2.19. The minimum Gasteiger partial charge on any atom is -0.325 e. The molecule has 0 saturated carbocycles. The van der Waals surface area contributed by atoms with Crippen molar-refractivity contribution in [1.82, 2.24) is 13.4 Å². The predicted octanol–water partition coefficient (Wildman–Crippen LogP) is 0.805. The molecule has 0 aliphatic heterocycles. The molecule has 0 saturated heterocycles. The van der Waals surface area contributed by atoms with E-state index in [9.17, 15) is 22.8 Å². The van der Waals surface area contributed by atoms with E-state index in [0.29, 0.717) is 11.2 Å². The fourth-order valence-corrected chi connectivity index (χ4v) is 4.28. The summed E-state index contributed by atoms with van der Waals surface area (Å²) >= 11 is 0. The lowest BCUT2D eigenvalue weighted by atomic mass is 10.2. The third-order valence-corrected chi connectivity index (χ3v) is 6.61. The zero-order valence-electron chi connectivity index (χ0n) is 17.0. The van der Waals surface area contributed by atoms with Gasteiger partial charge in [-0.1, -0.05) is 12.1 Å². The molecule has 0 aliphatic carbocycles. The van der Waals surface area contributed by atoms with Gasteiger partial charge in [0.2, 0.25) is 15.9 Å². The second-order valence-electron chi connectivity index (χ2n) is 7.06. The Hall–Kier alpha value is -3.24. The van der Waals surface area contributed by atoms with Gasteiger partial charge in [0, 0.05) is 26.8 Å². The number of likely N-dealkylation sites (N-methyl/N-ethyl adjacent to an activating group) is 1. The monoisotopic (exact) mass is 430 g/mol. The maximum Gasteiger partial charge on any atom is 0.330 e. The number of benzene rings is 2. The van der Waals surface area contributed by atoms with Crippen LogP contribution in [0.25, 0.3) is 10.9 Å². The van der Waals surface area contributed by atoms with Crippen LogP contribution in [-0.4, -0.2) is 41.4 Å². The quantitative estimate of drug-likeness (QED) is 0.644. The standard InChI is InChI=1S/C20H22N4O5S/c1-13-6-5-7-14(10-13)21-18(25)12-22(2)30(28,29)15-8-9-17-16(11-15)19(26)24(4)20(27)23(17)3/h5-11H,12H2,1-4H3,(H,21,25). The highest BCUT2D eigenvalue weighted by Gasteiger charge is 2.24. The summed E-state index contributed by atoms with van der Waals surface area (Å²) in [6.07, 6.45) is 0. The summed E-state index contributed by atoms with van der Waals surface area (Å²) in [5, 5.41) is 2.76. The zero-order valence-corrected chi connectivity index (χ0v) is 17.9. The van der Waals surface area contributed by atoms with Gasteiger partial charge in [0.05, 0.1) is 22.3 Å². The highest BCUT2D eigenvalue weighted by atomic mass is 32.2. The van der Waals surface area contributed by atoms with E-state index in [-0.39, 0.29) is 10.3 Å². The molecule has 0 atom stereocenters. The first kappa shape index (κ1) is 21.5. The van der Waals surface area contributed by atoms with Crippen LogP contribution < -0.4 is 16.6 Å². The van der Waals surface area contributed by atoms with E-state index in [0.717, 1.165) is 14.4 Å². The second kappa shape index (κ2) is 7.88. The van der Waals surface area contributed by atoms with Gasteiger partial charge in [-0.3, -0.25) is 18.7 Å². The van der Waals surface area contributed by atoms with Crippen molar-refractivity contribution < 1.29 is 13.2 Å². The molecular formula is C20H22N4O5S. The van der Waals surface area contributed by atoms with E-state index in [1.165, 1.54) is 43.9 Å². The molecule has 158 valence electrons. The molecule has 0 fully saturated rings. The number of amides is 1. The first-order valence-corrected chi connectivity index (χ1v) is 10.5. The minimum absolute atomic E-state index is 0.0956. The summed E-state index contributed by atoms with van der Waals surface area (Å²) in [4.78, 5) is 36.6. The van der Waals surface area contributed by atoms with Crippen LogP contribution in [0, 0.1) is 6.92 Å². The number of anilines is 1. The van der Waals surface area contributed by atoms with E-state index in [2.05, 4.69) is 5.32 Å². The Balaban J connectivity index is 1.90. The normalized spacial score (nSPS) is 11.8. The number of carbonyl (C=O) groups is 1. The number of hydrogen-bond acceptors (Lipinski definition) is 5. The lowest BCUT2D eigenvalue weighted by Crippen LogP contribution is -2.37. The van der Waals surface area contributed by atoms with Crippen LogP contribution in [0.2, 0.25) is 0 Å². The van der Waals surface area contributed by atoms with Crippen molar-refractivity contribution in [2.45, 2.75) is 11.8 Å². The van der Waals surface area contributed by atoms with Gasteiger partial charge in [-0.25, -0.2) is 13.2 Å². The maximum absolute atomic E-state index is 12.9. The lowest BCUT2D eigenvalue weighted by Gasteiger charge is -2.17. The van der Waals surface area contributed by atoms with Crippen LogP contribution in [0.5, 0.6) is 0 Å². The number of fused-ring (bicyclic) bond motifs is 1. The SMILES string of the molecule is Cc1cccc(NC(=O)CN(C)S(=O)(=O)c2ccc3c(c2)c(=O)n(C)c(=O)n3C)c1. The predicted molar refractivity (Wildman–Crippen MR) is 114 cm³/mol. The van der Waals surface area contributed by atoms with Crippen LogP contribution in [-0.2, 0) is 28.9 Å². The van der Waals surface area contributed by atoms with Gasteiger partial charge < -0.3 is 5.32 Å². The van der Waals surface area contributed by atoms with E-state index < -0.39 is 33.7 Å². The number of aryl methyl sites for hydroxylation is 2. The van der Waals surface area contributed by atoms with E-state index in [1.54, 1.807) is 18.2 Å². The molecular weight excluding hydrogens is 408 g/mol. The van der Waals surface area contributed by atoms with Gasteiger partial charge in [-0.2, -0.15) is 4.31 Å². The molecule has 2 aromatic carbocycles. The van der Waals surface area contributed by atoms with Crippen LogP contribution in [0.3, 0.4) is 0 Å². The third-order valence-electron chi connectivity index (χ3n) is 4.81. The van der Waals surface area contributed by atoms with Crippen molar-refractivity contribution in [3.8, 4) is 0 Å². The number of nitrogens with zero attached hydrogens (tertiary/aromatic N) is 3. The van der Waals surface area contributed by atoms with Crippen molar-refractivity contribution >= 4 is 32.5 Å². The summed E-state index contributed by atoms with van der Waals surface area (Å²) in [5.41, 5.74) is 0.752. The molecule has 9 nitrogen and oxygen atoms in total. The molecule has 3 rings (SSSR count). The molecule has 0 unspecified atom stereocenters. The van der Waals surface area contributed by atoms with Crippen LogP contribution in [0.15, 0.2) is 56.9 Å². The lowest BCUT2D eigenvalue weighted by molar-refractivity contribution is -0.116. The molecule has 3 aromatic rings. The molecule has 0 bridgehead atoms. The number of sulfonamides is 1. The molecule has 30 heavy (non-hydrogen) atoms. The average molecular weight is 430 g/mol. The molecule has 0 radical (unpaired) electrons. The Bertz CT molecular complexity index is 1370. The number of aromatic nitrogens is 2. The van der Waals surface area contributed by atoms with Gasteiger partial charge in [0.25, 0.3) is 5.56 Å². The first-order chi connectivity index (χ1) is 14.0. The Kier molecular flexibility index (Phi) is 5.64. The van der Waals surface area contributed by atoms with Crippen molar-refractivity contribution in [3.63, 3.8) is 0 Å². The molecule has 1 N–H and O–H groups in total. The highest BCUT2D eigenvalue weighted by molar-refractivity contribution is 7.89. The Morgan fingerprint density at radius 2 is 1.77 bits per heavy atom. The maximum atomic E-state index is 12.9. The molecule has 0 spiro atoms. The number of rotatable bonds is 5. The topological polar surface area (TPSA) is 110 Å². The van der Waals surface area contributed by atoms with E-state index in [4.69, 9.17) is 0 Å². The average Bonchev–Trinajstić information content (AvgIpc) is 2.70. The Morgan fingerprint density at radius 3 is 2.43 bits per heavy atom. The first-order valence-electron chi connectivity index (χ1n) is 9.05. The molecule has 1 aromatic heterocycles. The third kappa shape index (κ3) is 3.91. The van der Waals surface area contributed by atoms with Crippen LogP contribution in [0.1, 0.15) is 5.56 Å². The van der Waals surface area contributed by atoms with Crippen molar-refractivity contribution in [3.05, 3.63) is 68.9 Å². The zero-order chi connectivity index (χ0) is 22.2. The largest absolute Gasteiger partial charge is 0.330 e. The Labute approximate surface area is 173 Å². The fraction of sp³-hybridized carbons (Fsp3) is 0.250. The number of carbonyl (C=O) groups excluding carboxylic acids is 1. The molecule has 10 heteroatoms. The minimum atomic E-state index is -4.04. The van der Waals surface area contributed by atoms with Gasteiger partial charge in [0.15, 0.2) is 0 Å². The fourth-order valence-electron chi connectivity index (χ4n) is 3.13. The van der Waals surface area contributed by atoms with E-state index in [1.807, 2.05) is 13.0 Å². The number of hydrogen-bond donors (Lipinski definition) is 1. The molecule has 0 aliphatic rings. The smallest absolute Gasteiger partial charge is 0.325 e. The summed E-state index contributed by atoms with van der Waals surface area (Å²) in [5.74, 6) is -0.495. The van der Waals surface area contributed by atoms with Crippen molar-refractivity contribution in [1.29, 1.82) is 0 Å². The summed E-state index contributed by atoms with van der Waals surface area (Å²) in [7, 11) is 0.0708. The van der Waals surface area contributed by atoms with Gasteiger partial charge >= 0.3 is 5.69 Å². The number of nitrogens with one attached hydrogen (secondary N) is 1. The van der Waals surface area contributed by atoms with Crippen molar-refractivity contribution in [2.75, 3.05) is 18.9 Å². The van der Waals surface area contributed by atoms with E-state index >= 15 is 0 Å². The summed E-state index contributed by atoms with van der Waals surface area (Å²) in [6.45, 7) is 1.48. The van der Waals surface area contributed by atoms with Gasteiger partial charge in [-0.15, -0.1) is 0 Å². The molecule has 1 amide bonds.